The number of rotatable bonds is 10. The molecule has 198 valence electrons. The van der Waals surface area contributed by atoms with Gasteiger partial charge in [0.25, 0.3) is 5.91 Å². The predicted molar refractivity (Wildman–Crippen MR) is 141 cm³/mol. The number of amides is 2. The van der Waals surface area contributed by atoms with E-state index in [0.717, 1.165) is 0 Å². The minimum Gasteiger partial charge on any atom is -0.492 e. The van der Waals surface area contributed by atoms with Crippen LogP contribution < -0.4 is 9.64 Å². The Labute approximate surface area is 222 Å². The van der Waals surface area contributed by atoms with Gasteiger partial charge in [0.05, 0.1) is 18.8 Å². The number of carbonyl (C=O) groups is 2. The average Bonchev–Trinajstić information content (AvgIpc) is 3.34. The van der Waals surface area contributed by atoms with Crippen LogP contribution in [0.1, 0.15) is 45.0 Å². The lowest BCUT2D eigenvalue weighted by Gasteiger charge is -2.28. The van der Waals surface area contributed by atoms with Gasteiger partial charge in [-0.3, -0.25) is 19.4 Å². The smallest absolute Gasteiger partial charge is 0.414 e. The first-order valence-corrected chi connectivity index (χ1v) is 12.4. The Bertz CT molecular complexity index is 1170. The molecule has 0 aliphatic rings. The molecule has 0 aliphatic carbocycles. The third-order valence-corrected chi connectivity index (χ3v) is 5.43. The summed E-state index contributed by atoms with van der Waals surface area (Å²) in [5.41, 5.74) is 0.393. The number of pyridine rings is 1. The summed E-state index contributed by atoms with van der Waals surface area (Å²) in [5.74, 6) is 0.254. The van der Waals surface area contributed by atoms with Gasteiger partial charge in [-0.2, -0.15) is 5.10 Å². The van der Waals surface area contributed by atoms with Gasteiger partial charge in [-0.05, 0) is 65.0 Å². The Hall–Kier alpha value is -3.66. The van der Waals surface area contributed by atoms with Crippen molar-refractivity contribution in [1.29, 1.82) is 0 Å². The van der Waals surface area contributed by atoms with E-state index in [-0.39, 0.29) is 25.1 Å². The van der Waals surface area contributed by atoms with E-state index >= 15 is 0 Å². The predicted octanol–water partition coefficient (Wildman–Crippen LogP) is 4.70. The van der Waals surface area contributed by atoms with Crippen LogP contribution in [0.3, 0.4) is 0 Å². The number of benzene rings is 1. The highest BCUT2D eigenvalue weighted by molar-refractivity contribution is 6.31. The van der Waals surface area contributed by atoms with Crippen LogP contribution in [0.15, 0.2) is 55.4 Å². The van der Waals surface area contributed by atoms with E-state index in [4.69, 9.17) is 21.1 Å². The van der Waals surface area contributed by atoms with Gasteiger partial charge in [-0.15, -0.1) is 0 Å². The molecule has 0 N–H and O–H groups in total. The van der Waals surface area contributed by atoms with Crippen LogP contribution in [0, 0.1) is 0 Å². The van der Waals surface area contributed by atoms with Crippen LogP contribution in [-0.2, 0) is 11.3 Å². The lowest BCUT2D eigenvalue weighted by molar-refractivity contribution is 0.0574. The summed E-state index contributed by atoms with van der Waals surface area (Å²) >= 11 is 6.33. The Kier molecular flexibility index (Phi) is 9.46. The summed E-state index contributed by atoms with van der Waals surface area (Å²) < 4.78 is 13.2. The SMILES string of the molecule is CC(C)N(CCn1cncn1)C(=O)c1cc(Cl)cc(OCCN(C(=O)OC(C)(C)C)c2ccncc2)c1. The molecule has 3 rings (SSSR count). The molecule has 2 aromatic heterocycles. The quantitative estimate of drug-likeness (QED) is 0.376. The van der Waals surface area contributed by atoms with Gasteiger partial charge < -0.3 is 14.4 Å². The van der Waals surface area contributed by atoms with Gasteiger partial charge >= 0.3 is 6.09 Å². The third kappa shape index (κ3) is 8.45. The minimum absolute atomic E-state index is 0.0397. The minimum atomic E-state index is -0.651. The van der Waals surface area contributed by atoms with Crippen molar-refractivity contribution in [2.45, 2.75) is 52.8 Å². The standard InChI is InChI=1S/C26H33ClN6O4/c1-19(2)32(11-10-31-18-29-17-30-31)24(34)20-14-21(27)16-23(15-20)36-13-12-33(22-6-8-28-9-7-22)25(35)37-26(3,4)5/h6-9,14-19H,10-13H2,1-5H3. The van der Waals surface area contributed by atoms with Crippen LogP contribution in [0.2, 0.25) is 5.02 Å². The maximum absolute atomic E-state index is 13.3. The summed E-state index contributed by atoms with van der Waals surface area (Å²) in [6, 6.07) is 8.31. The van der Waals surface area contributed by atoms with E-state index < -0.39 is 11.7 Å². The summed E-state index contributed by atoms with van der Waals surface area (Å²) in [6.07, 6.45) is 5.78. The summed E-state index contributed by atoms with van der Waals surface area (Å²) in [4.78, 5) is 37.3. The van der Waals surface area contributed by atoms with E-state index in [2.05, 4.69) is 15.1 Å². The lowest BCUT2D eigenvalue weighted by Crippen LogP contribution is -2.39. The molecule has 37 heavy (non-hydrogen) atoms. The molecule has 0 atom stereocenters. The molecule has 0 radical (unpaired) electrons. The third-order valence-electron chi connectivity index (χ3n) is 5.21. The maximum Gasteiger partial charge on any atom is 0.414 e. The molecule has 2 heterocycles. The van der Waals surface area contributed by atoms with Crippen LogP contribution >= 0.6 is 11.6 Å². The van der Waals surface area contributed by atoms with Gasteiger partial charge in [0.2, 0.25) is 0 Å². The van der Waals surface area contributed by atoms with Crippen molar-refractivity contribution in [3.05, 3.63) is 66.0 Å². The summed E-state index contributed by atoms with van der Waals surface area (Å²) in [5, 5.41) is 4.47. The molecule has 2 amide bonds. The summed E-state index contributed by atoms with van der Waals surface area (Å²) in [7, 11) is 0. The van der Waals surface area contributed by atoms with E-state index in [9.17, 15) is 9.59 Å². The molecule has 0 saturated heterocycles. The van der Waals surface area contributed by atoms with Gasteiger partial charge in [0.15, 0.2) is 0 Å². The number of aromatic nitrogens is 4. The highest BCUT2D eigenvalue weighted by Gasteiger charge is 2.24. The first kappa shape index (κ1) is 27.9. The van der Waals surface area contributed by atoms with E-state index in [0.29, 0.717) is 35.1 Å². The van der Waals surface area contributed by atoms with Crippen LogP contribution in [0.5, 0.6) is 5.75 Å². The van der Waals surface area contributed by atoms with E-state index in [1.807, 2.05) is 34.6 Å². The fourth-order valence-corrected chi connectivity index (χ4v) is 3.73. The van der Waals surface area contributed by atoms with Gasteiger partial charge in [-0.1, -0.05) is 11.6 Å². The average molecular weight is 529 g/mol. The first-order valence-electron chi connectivity index (χ1n) is 12.0. The lowest BCUT2D eigenvalue weighted by atomic mass is 10.1. The number of halogens is 1. The molecule has 0 unspecified atom stereocenters. The highest BCUT2D eigenvalue weighted by Crippen LogP contribution is 2.24. The maximum atomic E-state index is 13.3. The highest BCUT2D eigenvalue weighted by atomic mass is 35.5. The monoisotopic (exact) mass is 528 g/mol. The molecule has 0 spiro atoms. The Morgan fingerprint density at radius 3 is 2.43 bits per heavy atom. The van der Waals surface area contributed by atoms with Crippen molar-refractivity contribution in [3.63, 3.8) is 0 Å². The Morgan fingerprint density at radius 2 is 1.81 bits per heavy atom. The topological polar surface area (TPSA) is 103 Å². The zero-order chi connectivity index (χ0) is 27.0. The van der Waals surface area contributed by atoms with Gasteiger partial charge in [-0.25, -0.2) is 9.78 Å². The molecule has 0 aliphatic heterocycles. The molecule has 11 heteroatoms. The number of hydrogen-bond donors (Lipinski definition) is 0. The Balaban J connectivity index is 1.70. The second-order valence-corrected chi connectivity index (χ2v) is 10.0. The van der Waals surface area contributed by atoms with Crippen molar-refractivity contribution < 1.29 is 19.1 Å². The van der Waals surface area contributed by atoms with Crippen molar-refractivity contribution in [1.82, 2.24) is 24.6 Å². The molecule has 0 saturated carbocycles. The number of hydrogen-bond acceptors (Lipinski definition) is 7. The van der Waals surface area contributed by atoms with Crippen molar-refractivity contribution in [2.24, 2.45) is 0 Å². The second kappa shape index (κ2) is 12.5. The molecule has 0 bridgehead atoms. The van der Waals surface area contributed by atoms with Gasteiger partial charge in [0, 0.05) is 35.6 Å². The number of ether oxygens (including phenoxy) is 2. The fraction of sp³-hybridized carbons (Fsp3) is 0.423. The molecular formula is C26H33ClN6O4. The van der Waals surface area contributed by atoms with E-state index in [1.54, 1.807) is 58.6 Å². The van der Waals surface area contributed by atoms with Crippen molar-refractivity contribution in [2.75, 3.05) is 24.6 Å². The van der Waals surface area contributed by atoms with E-state index in [1.165, 1.54) is 11.2 Å². The molecule has 10 nitrogen and oxygen atoms in total. The summed E-state index contributed by atoms with van der Waals surface area (Å²) in [6.45, 7) is 10.7. The zero-order valence-corrected chi connectivity index (χ0v) is 22.6. The molecule has 1 aromatic carbocycles. The van der Waals surface area contributed by atoms with Gasteiger partial charge in [0.1, 0.15) is 30.6 Å². The first-order chi connectivity index (χ1) is 17.5. The van der Waals surface area contributed by atoms with Crippen LogP contribution in [-0.4, -0.2) is 68.0 Å². The van der Waals surface area contributed by atoms with Crippen LogP contribution in [0.25, 0.3) is 0 Å². The number of anilines is 1. The van der Waals surface area contributed by atoms with Crippen LogP contribution in [0.4, 0.5) is 10.5 Å². The fourth-order valence-electron chi connectivity index (χ4n) is 3.51. The number of nitrogens with zero attached hydrogens (tertiary/aromatic N) is 6. The number of carbonyl (C=O) groups excluding carboxylic acids is 2. The molecular weight excluding hydrogens is 496 g/mol. The molecule has 0 fully saturated rings. The Morgan fingerprint density at radius 1 is 1.08 bits per heavy atom. The second-order valence-electron chi connectivity index (χ2n) is 9.61. The normalized spacial score (nSPS) is 11.3. The van der Waals surface area contributed by atoms with Crippen molar-refractivity contribution in [3.8, 4) is 5.75 Å². The molecule has 3 aromatic rings. The van der Waals surface area contributed by atoms with Crippen molar-refractivity contribution >= 4 is 29.3 Å². The zero-order valence-electron chi connectivity index (χ0n) is 21.8. The largest absolute Gasteiger partial charge is 0.492 e.